The van der Waals surface area contributed by atoms with Crippen LogP contribution >= 0.6 is 34.5 Å². The van der Waals surface area contributed by atoms with Crippen molar-refractivity contribution in [2.45, 2.75) is 0 Å². The highest BCUT2D eigenvalue weighted by atomic mass is 35.5. The fourth-order valence-electron chi connectivity index (χ4n) is 2.34. The molecule has 8 heteroatoms. The number of thiazole rings is 1. The van der Waals surface area contributed by atoms with Crippen LogP contribution in [-0.4, -0.2) is 29.1 Å². The zero-order valence-electron chi connectivity index (χ0n) is 13.3. The van der Waals surface area contributed by atoms with Crippen molar-refractivity contribution in [3.05, 3.63) is 63.0 Å². The van der Waals surface area contributed by atoms with E-state index in [-0.39, 0.29) is 11.1 Å². The number of carboxylic acid groups (broad SMARTS) is 1. The maximum atomic E-state index is 11.9. The van der Waals surface area contributed by atoms with Gasteiger partial charge < -0.3 is 9.84 Å². The highest BCUT2D eigenvalue weighted by Gasteiger charge is 2.19. The maximum Gasteiger partial charge on any atom is 0.338 e. The normalized spacial score (nSPS) is 10.6. The van der Waals surface area contributed by atoms with Crippen molar-refractivity contribution in [3.63, 3.8) is 0 Å². The number of benzene rings is 2. The van der Waals surface area contributed by atoms with Crippen molar-refractivity contribution in [2.75, 3.05) is 7.11 Å². The Morgan fingerprint density at radius 3 is 2.42 bits per heavy atom. The molecule has 0 amide bonds. The Hall–Kier alpha value is -2.41. The second kappa shape index (κ2) is 7.45. The molecule has 0 radical (unpaired) electrons. The molecule has 2 aromatic carbocycles. The van der Waals surface area contributed by atoms with E-state index in [1.54, 1.807) is 24.3 Å². The van der Waals surface area contributed by atoms with E-state index in [2.05, 4.69) is 9.72 Å². The molecule has 0 fully saturated rings. The number of ether oxygens (including phenoxy) is 1. The SMILES string of the molecule is COC(=O)c1cc(-c2nc(-c3ccc(Cl)c(Cl)c3)cs2)ccc1C(=O)O. The Balaban J connectivity index is 2.02. The molecule has 0 saturated heterocycles. The summed E-state index contributed by atoms with van der Waals surface area (Å²) in [7, 11) is 1.20. The summed E-state index contributed by atoms with van der Waals surface area (Å²) in [6.07, 6.45) is 0. The number of aromatic carboxylic acids is 1. The molecule has 132 valence electrons. The number of hydrogen-bond acceptors (Lipinski definition) is 5. The Morgan fingerprint density at radius 2 is 1.77 bits per heavy atom. The second-order valence-corrected chi connectivity index (χ2v) is 6.90. The molecule has 3 aromatic rings. The standard InChI is InChI=1S/C18H11Cl2NO4S/c1-25-18(24)12-6-10(2-4-11(12)17(22)23)16-21-15(8-26-16)9-3-5-13(19)14(20)7-9/h2-8H,1H3,(H,22,23). The predicted molar refractivity (Wildman–Crippen MR) is 101 cm³/mol. The van der Waals surface area contributed by atoms with Crippen LogP contribution in [0.4, 0.5) is 0 Å². The lowest BCUT2D eigenvalue weighted by atomic mass is 10.0. The lowest BCUT2D eigenvalue weighted by Crippen LogP contribution is -2.10. The van der Waals surface area contributed by atoms with Crippen LogP contribution in [0.1, 0.15) is 20.7 Å². The van der Waals surface area contributed by atoms with Crippen LogP contribution in [0.3, 0.4) is 0 Å². The van der Waals surface area contributed by atoms with Crippen molar-refractivity contribution in [2.24, 2.45) is 0 Å². The largest absolute Gasteiger partial charge is 0.478 e. The number of esters is 1. The Morgan fingerprint density at radius 1 is 1.04 bits per heavy atom. The number of hydrogen-bond donors (Lipinski definition) is 1. The van der Waals surface area contributed by atoms with Gasteiger partial charge in [-0.25, -0.2) is 14.6 Å². The Bertz CT molecular complexity index is 1020. The molecular weight excluding hydrogens is 397 g/mol. The van der Waals surface area contributed by atoms with Crippen LogP contribution in [0.5, 0.6) is 0 Å². The number of carbonyl (C=O) groups is 2. The molecule has 0 aliphatic heterocycles. The van der Waals surface area contributed by atoms with Crippen molar-refractivity contribution in [1.82, 2.24) is 4.98 Å². The van der Waals surface area contributed by atoms with Crippen molar-refractivity contribution in [1.29, 1.82) is 0 Å². The molecule has 0 aliphatic carbocycles. The fourth-order valence-corrected chi connectivity index (χ4v) is 3.46. The van der Waals surface area contributed by atoms with Crippen LogP contribution in [0.2, 0.25) is 10.0 Å². The third kappa shape index (κ3) is 3.58. The first-order valence-electron chi connectivity index (χ1n) is 7.27. The fraction of sp³-hybridized carbons (Fsp3) is 0.0556. The molecule has 0 aliphatic rings. The minimum atomic E-state index is -1.20. The first-order chi connectivity index (χ1) is 12.4. The van der Waals surface area contributed by atoms with Gasteiger partial charge in [-0.15, -0.1) is 11.3 Å². The molecule has 26 heavy (non-hydrogen) atoms. The predicted octanol–water partition coefficient (Wildman–Crippen LogP) is 5.27. The van der Waals surface area contributed by atoms with Crippen molar-refractivity contribution in [3.8, 4) is 21.8 Å². The summed E-state index contributed by atoms with van der Waals surface area (Å²) in [6.45, 7) is 0. The second-order valence-electron chi connectivity index (χ2n) is 5.22. The molecule has 1 heterocycles. The van der Waals surface area contributed by atoms with Gasteiger partial charge in [0.1, 0.15) is 5.01 Å². The number of carbonyl (C=O) groups excluding carboxylic acids is 1. The van der Waals surface area contributed by atoms with Gasteiger partial charge in [0, 0.05) is 16.5 Å². The van der Waals surface area contributed by atoms with Gasteiger partial charge in [-0.2, -0.15) is 0 Å². The molecule has 0 saturated carbocycles. The lowest BCUT2D eigenvalue weighted by Gasteiger charge is -2.06. The molecule has 1 aromatic heterocycles. The van der Waals surface area contributed by atoms with Gasteiger partial charge in [0.25, 0.3) is 0 Å². The van der Waals surface area contributed by atoms with Crippen molar-refractivity contribution >= 4 is 46.5 Å². The van der Waals surface area contributed by atoms with Gasteiger partial charge in [0.05, 0.1) is 34.0 Å². The lowest BCUT2D eigenvalue weighted by molar-refractivity contribution is 0.0583. The zero-order chi connectivity index (χ0) is 18.8. The van der Waals surface area contributed by atoms with E-state index in [1.807, 2.05) is 5.38 Å². The number of methoxy groups -OCH3 is 1. The summed E-state index contributed by atoms with van der Waals surface area (Å²) in [5, 5.41) is 12.6. The third-order valence-electron chi connectivity index (χ3n) is 3.62. The van der Waals surface area contributed by atoms with E-state index in [4.69, 9.17) is 23.2 Å². The molecular formula is C18H11Cl2NO4S. The van der Waals surface area contributed by atoms with E-state index in [0.717, 1.165) is 5.56 Å². The molecule has 0 unspecified atom stereocenters. The number of halogens is 2. The summed E-state index contributed by atoms with van der Waals surface area (Å²) >= 11 is 13.3. The minimum absolute atomic E-state index is 0.0243. The number of aromatic nitrogens is 1. The summed E-state index contributed by atoms with van der Waals surface area (Å²) in [4.78, 5) is 27.7. The van der Waals surface area contributed by atoms with Gasteiger partial charge in [0.15, 0.2) is 0 Å². The van der Waals surface area contributed by atoms with Crippen LogP contribution in [0.15, 0.2) is 41.8 Å². The molecule has 5 nitrogen and oxygen atoms in total. The van der Waals surface area contributed by atoms with Crippen LogP contribution in [0.25, 0.3) is 21.8 Å². The molecule has 3 rings (SSSR count). The average Bonchev–Trinajstić information content (AvgIpc) is 3.12. The molecule has 0 spiro atoms. The van der Waals surface area contributed by atoms with Crippen LogP contribution in [-0.2, 0) is 4.74 Å². The number of rotatable bonds is 4. The smallest absolute Gasteiger partial charge is 0.338 e. The summed E-state index contributed by atoms with van der Waals surface area (Å²) in [6, 6.07) is 9.65. The van der Waals surface area contributed by atoms with Gasteiger partial charge in [-0.1, -0.05) is 35.3 Å². The van der Waals surface area contributed by atoms with Gasteiger partial charge in [-0.3, -0.25) is 0 Å². The highest BCUT2D eigenvalue weighted by Crippen LogP contribution is 2.33. The third-order valence-corrected chi connectivity index (χ3v) is 5.25. The Kier molecular flexibility index (Phi) is 5.27. The van der Waals surface area contributed by atoms with Gasteiger partial charge in [-0.05, 0) is 24.3 Å². The van der Waals surface area contributed by atoms with E-state index in [0.29, 0.717) is 26.3 Å². The molecule has 0 bridgehead atoms. The highest BCUT2D eigenvalue weighted by molar-refractivity contribution is 7.13. The van der Waals surface area contributed by atoms with Gasteiger partial charge >= 0.3 is 11.9 Å². The van der Waals surface area contributed by atoms with Gasteiger partial charge in [0.2, 0.25) is 0 Å². The average molecular weight is 408 g/mol. The summed E-state index contributed by atoms with van der Waals surface area (Å²) < 4.78 is 4.67. The summed E-state index contributed by atoms with van der Waals surface area (Å²) in [5.74, 6) is -1.92. The first kappa shape index (κ1) is 18.4. The van der Waals surface area contributed by atoms with E-state index >= 15 is 0 Å². The quantitative estimate of drug-likeness (QED) is 0.596. The van der Waals surface area contributed by atoms with E-state index < -0.39 is 11.9 Å². The topological polar surface area (TPSA) is 76.5 Å². The molecule has 0 atom stereocenters. The van der Waals surface area contributed by atoms with E-state index in [9.17, 15) is 14.7 Å². The molecule has 1 N–H and O–H groups in total. The van der Waals surface area contributed by atoms with Crippen molar-refractivity contribution < 1.29 is 19.4 Å². The number of carboxylic acids is 1. The van der Waals surface area contributed by atoms with Crippen LogP contribution < -0.4 is 0 Å². The van der Waals surface area contributed by atoms with Crippen LogP contribution in [0, 0.1) is 0 Å². The monoisotopic (exact) mass is 407 g/mol. The number of nitrogens with zero attached hydrogens (tertiary/aromatic N) is 1. The Labute approximate surface area is 162 Å². The maximum absolute atomic E-state index is 11.9. The van der Waals surface area contributed by atoms with E-state index in [1.165, 1.54) is 30.6 Å². The first-order valence-corrected chi connectivity index (χ1v) is 8.91. The minimum Gasteiger partial charge on any atom is -0.478 e. The summed E-state index contributed by atoms with van der Waals surface area (Å²) in [5.41, 5.74) is 1.97. The zero-order valence-corrected chi connectivity index (χ0v) is 15.7.